The molecule has 0 radical (unpaired) electrons. The fraction of sp³-hybridized carbons (Fsp3) is 0.174. The van der Waals surface area contributed by atoms with Gasteiger partial charge in [-0.3, -0.25) is 0 Å². The number of pyridine rings is 1. The van der Waals surface area contributed by atoms with Crippen LogP contribution in [-0.4, -0.2) is 32.5 Å². The highest BCUT2D eigenvalue weighted by atomic mass is 19.4. The van der Waals surface area contributed by atoms with Gasteiger partial charge in [0, 0.05) is 30.3 Å². The summed E-state index contributed by atoms with van der Waals surface area (Å²) >= 11 is 0. The highest BCUT2D eigenvalue weighted by Crippen LogP contribution is 2.34. The van der Waals surface area contributed by atoms with Crippen LogP contribution in [0.4, 0.5) is 13.2 Å². The van der Waals surface area contributed by atoms with Gasteiger partial charge in [-0.15, -0.1) is 0 Å². The molecule has 4 rings (SSSR count). The number of ether oxygens (including phenoxy) is 1. The molecular formula is C23H19F3N2O3. The zero-order valence-corrected chi connectivity index (χ0v) is 16.3. The number of aliphatic hydroxyl groups excluding tert-OH is 2. The number of para-hydroxylation sites is 3. The number of aliphatic hydroxyl groups is 2. The maximum Gasteiger partial charge on any atom is 0.417 e. The first kappa shape index (κ1) is 20.9. The molecule has 5 nitrogen and oxygen atoms in total. The Morgan fingerprint density at radius 3 is 2.45 bits per heavy atom. The summed E-state index contributed by atoms with van der Waals surface area (Å²) in [5.74, 6) is 0.442. The lowest BCUT2D eigenvalue weighted by Crippen LogP contribution is -2.14. The fourth-order valence-electron chi connectivity index (χ4n) is 3.39. The van der Waals surface area contributed by atoms with E-state index in [1.807, 2.05) is 47.2 Å². The summed E-state index contributed by atoms with van der Waals surface area (Å²) in [5, 5.41) is 20.0. The van der Waals surface area contributed by atoms with Gasteiger partial charge in [0.15, 0.2) is 5.75 Å². The van der Waals surface area contributed by atoms with Crippen LogP contribution in [-0.2, 0) is 12.6 Å². The third kappa shape index (κ3) is 4.40. The molecule has 0 aliphatic heterocycles. The van der Waals surface area contributed by atoms with Gasteiger partial charge in [0.05, 0.1) is 29.5 Å². The van der Waals surface area contributed by atoms with E-state index in [4.69, 9.17) is 4.74 Å². The fourth-order valence-corrected chi connectivity index (χ4v) is 3.39. The van der Waals surface area contributed by atoms with Gasteiger partial charge in [-0.25, -0.2) is 4.98 Å². The molecule has 0 fully saturated rings. The molecule has 2 aromatic heterocycles. The summed E-state index contributed by atoms with van der Waals surface area (Å²) in [6, 6.07) is 16.8. The number of nitrogens with zero attached hydrogens (tertiary/aromatic N) is 2. The van der Waals surface area contributed by atoms with Gasteiger partial charge in [0.1, 0.15) is 0 Å². The van der Waals surface area contributed by atoms with Crippen molar-refractivity contribution in [1.82, 2.24) is 9.55 Å². The Morgan fingerprint density at radius 1 is 1.00 bits per heavy atom. The highest BCUT2D eigenvalue weighted by Gasteiger charge is 2.30. The lowest BCUT2D eigenvalue weighted by molar-refractivity contribution is -0.137. The Morgan fingerprint density at radius 2 is 1.74 bits per heavy atom. The van der Waals surface area contributed by atoms with Crippen LogP contribution in [0.15, 0.2) is 73.1 Å². The lowest BCUT2D eigenvalue weighted by atomic mass is 10.1. The number of alkyl halides is 3. The number of benzene rings is 2. The Labute approximate surface area is 176 Å². The summed E-state index contributed by atoms with van der Waals surface area (Å²) in [6.45, 7) is -0.348. The van der Waals surface area contributed by atoms with Crippen molar-refractivity contribution in [2.75, 3.05) is 6.61 Å². The molecule has 0 bridgehead atoms. The average molecular weight is 428 g/mol. The van der Waals surface area contributed by atoms with Crippen molar-refractivity contribution in [3.63, 3.8) is 0 Å². The van der Waals surface area contributed by atoms with Crippen LogP contribution in [0.25, 0.3) is 16.6 Å². The van der Waals surface area contributed by atoms with Crippen LogP contribution in [0, 0.1) is 0 Å². The molecule has 0 spiro atoms. The molecule has 0 aliphatic carbocycles. The van der Waals surface area contributed by atoms with Gasteiger partial charge in [-0.2, -0.15) is 13.2 Å². The topological polar surface area (TPSA) is 67.5 Å². The van der Waals surface area contributed by atoms with Crippen LogP contribution in [0.2, 0.25) is 0 Å². The van der Waals surface area contributed by atoms with Crippen molar-refractivity contribution < 1.29 is 28.1 Å². The molecule has 2 aromatic carbocycles. The summed E-state index contributed by atoms with van der Waals surface area (Å²) in [5.41, 5.74) is 1.51. The second-order valence-corrected chi connectivity index (χ2v) is 7.03. The third-order valence-electron chi connectivity index (χ3n) is 4.86. The van der Waals surface area contributed by atoms with Crippen LogP contribution in [0.5, 0.6) is 11.6 Å². The quantitative estimate of drug-likeness (QED) is 0.466. The number of rotatable bonds is 6. The SMILES string of the molecule is OCC(O)Cc1cn(-c2ccccc2Oc2ccc(C(F)(F)F)cn2)c2ccccc12. The first-order valence-corrected chi connectivity index (χ1v) is 9.55. The maximum absolute atomic E-state index is 12.8. The molecule has 2 N–H and O–H groups in total. The van der Waals surface area contributed by atoms with Gasteiger partial charge in [0.2, 0.25) is 5.88 Å². The molecule has 1 atom stereocenters. The average Bonchev–Trinajstić information content (AvgIpc) is 3.12. The van der Waals surface area contributed by atoms with E-state index in [1.165, 1.54) is 6.07 Å². The standard InChI is InChI=1S/C23H19F3N2O3/c24-23(25,26)16-9-10-22(27-12-16)31-21-8-4-3-7-20(21)28-13-15(11-17(30)14-29)18-5-1-2-6-19(18)28/h1-10,12-13,17,29-30H,11,14H2. The van der Waals surface area contributed by atoms with Crippen LogP contribution in [0.3, 0.4) is 0 Å². The van der Waals surface area contributed by atoms with Gasteiger partial charge in [-0.1, -0.05) is 30.3 Å². The van der Waals surface area contributed by atoms with Gasteiger partial charge in [-0.05, 0) is 29.8 Å². The third-order valence-corrected chi connectivity index (χ3v) is 4.86. The van der Waals surface area contributed by atoms with Crippen molar-refractivity contribution >= 4 is 10.9 Å². The van der Waals surface area contributed by atoms with E-state index in [-0.39, 0.29) is 18.9 Å². The van der Waals surface area contributed by atoms with Gasteiger partial charge in [0.25, 0.3) is 0 Å². The van der Waals surface area contributed by atoms with Gasteiger partial charge >= 0.3 is 6.18 Å². The summed E-state index contributed by atoms with van der Waals surface area (Å²) < 4.78 is 46.0. The van der Waals surface area contributed by atoms with Crippen LogP contribution < -0.4 is 4.74 Å². The Hall–Kier alpha value is -3.36. The molecule has 0 aliphatic rings. The van der Waals surface area contributed by atoms with Gasteiger partial charge < -0.3 is 19.5 Å². The van der Waals surface area contributed by atoms with E-state index in [1.54, 1.807) is 12.1 Å². The molecule has 0 saturated carbocycles. The van der Waals surface area contributed by atoms with Crippen LogP contribution in [0.1, 0.15) is 11.1 Å². The summed E-state index contributed by atoms with van der Waals surface area (Å²) in [4.78, 5) is 3.78. The first-order chi connectivity index (χ1) is 14.9. The number of halogens is 3. The molecule has 8 heteroatoms. The summed E-state index contributed by atoms with van der Waals surface area (Å²) in [6.07, 6.45) is -2.50. The number of hydrogen-bond donors (Lipinski definition) is 2. The molecule has 0 saturated heterocycles. The van der Waals surface area contributed by atoms with E-state index >= 15 is 0 Å². The second-order valence-electron chi connectivity index (χ2n) is 7.03. The van der Waals surface area contributed by atoms with Crippen LogP contribution >= 0.6 is 0 Å². The lowest BCUT2D eigenvalue weighted by Gasteiger charge is -2.13. The minimum atomic E-state index is -4.47. The molecule has 2 heterocycles. The predicted molar refractivity (Wildman–Crippen MR) is 109 cm³/mol. The minimum Gasteiger partial charge on any atom is -0.437 e. The highest BCUT2D eigenvalue weighted by molar-refractivity contribution is 5.86. The Kier molecular flexibility index (Phi) is 5.67. The van der Waals surface area contributed by atoms with Crippen molar-refractivity contribution in [2.24, 2.45) is 0 Å². The Bertz CT molecular complexity index is 1190. The second kappa shape index (κ2) is 8.41. The normalized spacial score (nSPS) is 12.8. The number of aromatic nitrogens is 2. The molecule has 160 valence electrons. The van der Waals surface area contributed by atoms with E-state index in [0.717, 1.165) is 28.7 Å². The number of hydrogen-bond acceptors (Lipinski definition) is 4. The van der Waals surface area contributed by atoms with Crippen molar-refractivity contribution in [1.29, 1.82) is 0 Å². The monoisotopic (exact) mass is 428 g/mol. The maximum atomic E-state index is 12.8. The van der Waals surface area contributed by atoms with E-state index in [9.17, 15) is 23.4 Å². The molecular weight excluding hydrogens is 409 g/mol. The number of fused-ring (bicyclic) bond motifs is 1. The minimum absolute atomic E-state index is 0.0350. The molecule has 4 aromatic rings. The Balaban J connectivity index is 1.73. The molecule has 0 amide bonds. The van der Waals surface area contributed by atoms with Crippen molar-refractivity contribution in [3.05, 3.63) is 84.2 Å². The van der Waals surface area contributed by atoms with E-state index in [2.05, 4.69) is 4.98 Å². The van der Waals surface area contributed by atoms with E-state index < -0.39 is 17.8 Å². The molecule has 31 heavy (non-hydrogen) atoms. The zero-order valence-electron chi connectivity index (χ0n) is 16.3. The van der Waals surface area contributed by atoms with Crippen molar-refractivity contribution in [2.45, 2.75) is 18.7 Å². The summed E-state index contributed by atoms with van der Waals surface area (Å²) in [7, 11) is 0. The largest absolute Gasteiger partial charge is 0.437 e. The smallest absolute Gasteiger partial charge is 0.417 e. The zero-order chi connectivity index (χ0) is 22.0. The predicted octanol–water partition coefficient (Wildman–Crippen LogP) is 4.73. The molecule has 1 unspecified atom stereocenters. The van der Waals surface area contributed by atoms with E-state index in [0.29, 0.717) is 11.4 Å². The first-order valence-electron chi connectivity index (χ1n) is 9.55. The van der Waals surface area contributed by atoms with Crippen molar-refractivity contribution in [3.8, 4) is 17.3 Å².